The first-order valence-corrected chi connectivity index (χ1v) is 7.40. The SMILES string of the molecule is CCCCN1CCc2[nH]n(-c3ccccc3)c(=O)c2C1. The lowest BCUT2D eigenvalue weighted by Crippen LogP contribution is -2.33. The summed E-state index contributed by atoms with van der Waals surface area (Å²) in [6, 6.07) is 9.78. The van der Waals surface area contributed by atoms with E-state index in [1.165, 1.54) is 12.8 Å². The second kappa shape index (κ2) is 5.67. The molecule has 0 bridgehead atoms. The van der Waals surface area contributed by atoms with Crippen LogP contribution in [0.15, 0.2) is 35.1 Å². The molecular formula is C16H21N3O. The molecule has 4 heteroatoms. The molecule has 0 radical (unpaired) electrons. The van der Waals surface area contributed by atoms with Crippen LogP contribution in [0.5, 0.6) is 0 Å². The lowest BCUT2D eigenvalue weighted by Gasteiger charge is -2.25. The van der Waals surface area contributed by atoms with Gasteiger partial charge in [-0.25, -0.2) is 4.68 Å². The first-order chi connectivity index (χ1) is 9.79. The topological polar surface area (TPSA) is 41.0 Å². The number of aromatic amines is 1. The number of benzene rings is 1. The molecular weight excluding hydrogens is 250 g/mol. The molecule has 1 aliphatic heterocycles. The number of rotatable bonds is 4. The highest BCUT2D eigenvalue weighted by Gasteiger charge is 2.22. The molecule has 4 nitrogen and oxygen atoms in total. The Morgan fingerprint density at radius 1 is 1.25 bits per heavy atom. The van der Waals surface area contributed by atoms with Gasteiger partial charge in [0.2, 0.25) is 0 Å². The lowest BCUT2D eigenvalue weighted by molar-refractivity contribution is 0.249. The van der Waals surface area contributed by atoms with Crippen molar-refractivity contribution in [3.63, 3.8) is 0 Å². The van der Waals surface area contributed by atoms with Crippen molar-refractivity contribution in [3.8, 4) is 5.69 Å². The van der Waals surface area contributed by atoms with Gasteiger partial charge in [-0.2, -0.15) is 0 Å². The number of fused-ring (bicyclic) bond motifs is 1. The van der Waals surface area contributed by atoms with Crippen LogP contribution in [-0.4, -0.2) is 27.8 Å². The molecule has 1 N–H and O–H groups in total. The highest BCUT2D eigenvalue weighted by Crippen LogP contribution is 2.16. The number of nitrogens with one attached hydrogen (secondary N) is 1. The van der Waals surface area contributed by atoms with E-state index in [2.05, 4.69) is 16.9 Å². The zero-order valence-electron chi connectivity index (χ0n) is 11.9. The number of nitrogens with zero attached hydrogens (tertiary/aromatic N) is 2. The molecule has 0 saturated carbocycles. The van der Waals surface area contributed by atoms with E-state index in [1.807, 2.05) is 30.3 Å². The van der Waals surface area contributed by atoms with Gasteiger partial charge in [0.1, 0.15) is 0 Å². The normalized spacial score (nSPS) is 15.2. The Labute approximate surface area is 119 Å². The molecule has 1 aromatic heterocycles. The maximum atomic E-state index is 12.5. The molecule has 0 spiro atoms. The van der Waals surface area contributed by atoms with Gasteiger partial charge in [0.05, 0.1) is 11.3 Å². The molecule has 2 aromatic rings. The Kier molecular flexibility index (Phi) is 3.74. The Morgan fingerprint density at radius 2 is 2.05 bits per heavy atom. The molecule has 3 rings (SSSR count). The van der Waals surface area contributed by atoms with Crippen LogP contribution in [0.25, 0.3) is 5.69 Å². The smallest absolute Gasteiger partial charge is 0.275 e. The maximum absolute atomic E-state index is 12.5. The fourth-order valence-corrected chi connectivity index (χ4v) is 2.79. The van der Waals surface area contributed by atoms with Gasteiger partial charge in [0.25, 0.3) is 5.56 Å². The standard InChI is InChI=1S/C16H21N3O/c1-2-3-10-18-11-9-15-14(12-18)16(20)19(17-15)13-7-5-4-6-8-13/h4-8,17H,2-3,9-12H2,1H3. The third-order valence-corrected chi connectivity index (χ3v) is 3.97. The van der Waals surface area contributed by atoms with Gasteiger partial charge < -0.3 is 0 Å². The van der Waals surface area contributed by atoms with Gasteiger partial charge in [-0.3, -0.25) is 14.8 Å². The quantitative estimate of drug-likeness (QED) is 0.927. The Balaban J connectivity index is 1.89. The highest BCUT2D eigenvalue weighted by atomic mass is 16.1. The van der Waals surface area contributed by atoms with E-state index in [-0.39, 0.29) is 5.56 Å². The van der Waals surface area contributed by atoms with Crippen molar-refractivity contribution >= 4 is 0 Å². The number of H-pyrrole nitrogens is 1. The number of aromatic nitrogens is 2. The predicted octanol–water partition coefficient (Wildman–Crippen LogP) is 2.32. The van der Waals surface area contributed by atoms with Crippen LogP contribution in [-0.2, 0) is 13.0 Å². The van der Waals surface area contributed by atoms with E-state index < -0.39 is 0 Å². The van der Waals surface area contributed by atoms with Crippen molar-refractivity contribution in [2.75, 3.05) is 13.1 Å². The number of hydrogen-bond donors (Lipinski definition) is 1. The van der Waals surface area contributed by atoms with Gasteiger partial charge in [-0.05, 0) is 25.1 Å². The van der Waals surface area contributed by atoms with Crippen LogP contribution < -0.4 is 5.56 Å². The molecule has 0 unspecified atom stereocenters. The van der Waals surface area contributed by atoms with E-state index >= 15 is 0 Å². The van der Waals surface area contributed by atoms with Crippen LogP contribution in [0.4, 0.5) is 0 Å². The molecule has 2 heterocycles. The molecule has 106 valence electrons. The highest BCUT2D eigenvalue weighted by molar-refractivity contribution is 5.33. The average Bonchev–Trinajstić information content (AvgIpc) is 2.83. The molecule has 0 amide bonds. The van der Waals surface area contributed by atoms with E-state index in [0.717, 1.165) is 43.0 Å². The van der Waals surface area contributed by atoms with Crippen LogP contribution >= 0.6 is 0 Å². The molecule has 0 atom stereocenters. The Bertz CT molecular complexity index is 627. The minimum Gasteiger partial charge on any atom is -0.298 e. The lowest BCUT2D eigenvalue weighted by atomic mass is 10.1. The minimum atomic E-state index is 0.104. The molecule has 0 saturated heterocycles. The fourth-order valence-electron chi connectivity index (χ4n) is 2.79. The van der Waals surface area contributed by atoms with Gasteiger partial charge in [-0.1, -0.05) is 31.5 Å². The second-order valence-corrected chi connectivity index (χ2v) is 5.42. The van der Waals surface area contributed by atoms with Gasteiger partial charge >= 0.3 is 0 Å². The van der Waals surface area contributed by atoms with Gasteiger partial charge in [-0.15, -0.1) is 0 Å². The molecule has 1 aromatic carbocycles. The van der Waals surface area contributed by atoms with Crippen LogP contribution in [0.2, 0.25) is 0 Å². The third kappa shape index (κ3) is 2.43. The summed E-state index contributed by atoms with van der Waals surface area (Å²) in [5.41, 5.74) is 3.06. The summed E-state index contributed by atoms with van der Waals surface area (Å²) >= 11 is 0. The summed E-state index contributed by atoms with van der Waals surface area (Å²) in [6.45, 7) is 5.12. The maximum Gasteiger partial charge on any atom is 0.275 e. The van der Waals surface area contributed by atoms with Crippen LogP contribution in [0.1, 0.15) is 31.0 Å². The van der Waals surface area contributed by atoms with Gasteiger partial charge in [0, 0.05) is 25.2 Å². The van der Waals surface area contributed by atoms with Crippen LogP contribution in [0, 0.1) is 0 Å². The summed E-state index contributed by atoms with van der Waals surface area (Å²) < 4.78 is 1.67. The third-order valence-electron chi connectivity index (χ3n) is 3.97. The summed E-state index contributed by atoms with van der Waals surface area (Å²) in [4.78, 5) is 14.9. The first kappa shape index (κ1) is 13.2. The minimum absolute atomic E-state index is 0.104. The van der Waals surface area contributed by atoms with E-state index in [1.54, 1.807) is 4.68 Å². The monoisotopic (exact) mass is 271 g/mol. The molecule has 0 aliphatic carbocycles. The van der Waals surface area contributed by atoms with Gasteiger partial charge in [0.15, 0.2) is 0 Å². The molecule has 20 heavy (non-hydrogen) atoms. The van der Waals surface area contributed by atoms with Crippen molar-refractivity contribution in [1.82, 2.24) is 14.7 Å². The van der Waals surface area contributed by atoms with E-state index in [0.29, 0.717) is 0 Å². The van der Waals surface area contributed by atoms with E-state index in [4.69, 9.17) is 0 Å². The predicted molar refractivity (Wildman–Crippen MR) is 80.3 cm³/mol. The van der Waals surface area contributed by atoms with Crippen LogP contribution in [0.3, 0.4) is 0 Å². The van der Waals surface area contributed by atoms with Crippen molar-refractivity contribution in [1.29, 1.82) is 0 Å². The largest absolute Gasteiger partial charge is 0.298 e. The number of para-hydroxylation sites is 1. The second-order valence-electron chi connectivity index (χ2n) is 5.42. The van der Waals surface area contributed by atoms with Crippen molar-refractivity contribution in [2.45, 2.75) is 32.7 Å². The summed E-state index contributed by atoms with van der Waals surface area (Å²) in [7, 11) is 0. The van der Waals surface area contributed by atoms with Crippen molar-refractivity contribution < 1.29 is 0 Å². The molecule has 1 aliphatic rings. The fraction of sp³-hybridized carbons (Fsp3) is 0.438. The summed E-state index contributed by atoms with van der Waals surface area (Å²) in [6.07, 6.45) is 3.34. The van der Waals surface area contributed by atoms with Crippen molar-refractivity contribution in [2.24, 2.45) is 0 Å². The first-order valence-electron chi connectivity index (χ1n) is 7.40. The average molecular weight is 271 g/mol. The summed E-state index contributed by atoms with van der Waals surface area (Å²) in [5.74, 6) is 0. The zero-order chi connectivity index (χ0) is 13.9. The Hall–Kier alpha value is -1.81. The molecule has 0 fully saturated rings. The summed E-state index contributed by atoms with van der Waals surface area (Å²) in [5, 5.41) is 3.27. The Morgan fingerprint density at radius 3 is 2.80 bits per heavy atom. The van der Waals surface area contributed by atoms with Crippen molar-refractivity contribution in [3.05, 3.63) is 51.9 Å². The zero-order valence-corrected chi connectivity index (χ0v) is 11.9. The van der Waals surface area contributed by atoms with E-state index in [9.17, 15) is 4.79 Å². The number of hydrogen-bond acceptors (Lipinski definition) is 2. The number of unbranched alkanes of at least 4 members (excludes halogenated alkanes) is 1.